The van der Waals surface area contributed by atoms with Crippen molar-refractivity contribution >= 4 is 17.6 Å². The lowest BCUT2D eigenvalue weighted by atomic mass is 10.1. The Morgan fingerprint density at radius 3 is 3.00 bits per heavy atom. The number of aromatic nitrogens is 1. The van der Waals surface area contributed by atoms with E-state index in [1.165, 1.54) is 6.20 Å². The van der Waals surface area contributed by atoms with Gasteiger partial charge in [-0.25, -0.2) is 4.79 Å². The molecule has 0 aliphatic carbocycles. The highest BCUT2D eigenvalue weighted by Crippen LogP contribution is 2.28. The van der Waals surface area contributed by atoms with Crippen molar-refractivity contribution in [2.75, 3.05) is 24.5 Å². The number of carbonyl (C=O) groups is 2. The van der Waals surface area contributed by atoms with Gasteiger partial charge < -0.3 is 14.9 Å². The molecule has 6 nitrogen and oxygen atoms in total. The van der Waals surface area contributed by atoms with Gasteiger partial charge in [0.15, 0.2) is 0 Å². The van der Waals surface area contributed by atoms with E-state index in [4.69, 9.17) is 0 Å². The second-order valence-corrected chi connectivity index (χ2v) is 5.37. The Morgan fingerprint density at radius 2 is 2.25 bits per heavy atom. The minimum atomic E-state index is -0.961. The van der Waals surface area contributed by atoms with Crippen LogP contribution in [0, 0.1) is 6.92 Å². The lowest BCUT2D eigenvalue weighted by Crippen LogP contribution is -2.51. The first-order chi connectivity index (χ1) is 9.56. The summed E-state index contributed by atoms with van der Waals surface area (Å²) in [5.74, 6) is -0.739. The predicted molar refractivity (Wildman–Crippen MR) is 72.9 cm³/mol. The lowest BCUT2D eigenvalue weighted by molar-refractivity contribution is -0.129. The minimum absolute atomic E-state index is 0.214. The lowest BCUT2D eigenvalue weighted by Gasteiger charge is -2.39. The second kappa shape index (κ2) is 4.77. The second-order valence-electron chi connectivity index (χ2n) is 5.37. The largest absolute Gasteiger partial charge is 0.478 e. The monoisotopic (exact) mass is 275 g/mol. The van der Waals surface area contributed by atoms with Gasteiger partial charge in [-0.2, -0.15) is 0 Å². The summed E-state index contributed by atoms with van der Waals surface area (Å²) in [6.45, 7) is 3.90. The number of aryl methyl sites for hydroxylation is 1. The number of hydrogen-bond donors (Lipinski definition) is 1. The van der Waals surface area contributed by atoms with Crippen molar-refractivity contribution in [3.05, 3.63) is 23.5 Å². The third-order valence-corrected chi connectivity index (χ3v) is 4.08. The molecule has 1 aromatic rings. The summed E-state index contributed by atoms with van der Waals surface area (Å²) >= 11 is 0. The third-order valence-electron chi connectivity index (χ3n) is 4.08. The molecule has 0 saturated carbocycles. The van der Waals surface area contributed by atoms with Crippen molar-refractivity contribution in [1.29, 1.82) is 0 Å². The predicted octanol–water partition coefficient (Wildman–Crippen LogP) is 0.899. The SMILES string of the molecule is Cc1cc(N2CCN3C(=O)CCC3C2)c(C(=O)O)cn1. The zero-order valence-electron chi connectivity index (χ0n) is 11.4. The number of piperazine rings is 1. The van der Waals surface area contributed by atoms with Crippen LogP contribution >= 0.6 is 0 Å². The number of fused-ring (bicyclic) bond motifs is 1. The van der Waals surface area contributed by atoms with Crippen LogP contribution in [0.2, 0.25) is 0 Å². The van der Waals surface area contributed by atoms with Crippen LogP contribution < -0.4 is 4.90 Å². The Labute approximate surface area is 117 Å². The van der Waals surface area contributed by atoms with Crippen LogP contribution in [-0.4, -0.2) is 52.5 Å². The maximum absolute atomic E-state index is 11.7. The topological polar surface area (TPSA) is 73.7 Å². The molecule has 2 saturated heterocycles. The number of nitrogens with zero attached hydrogens (tertiary/aromatic N) is 3. The molecule has 3 heterocycles. The van der Waals surface area contributed by atoms with E-state index in [9.17, 15) is 14.7 Å². The highest BCUT2D eigenvalue weighted by Gasteiger charge is 2.36. The normalized spacial score (nSPS) is 22.1. The van der Waals surface area contributed by atoms with E-state index >= 15 is 0 Å². The summed E-state index contributed by atoms with van der Waals surface area (Å²) in [6.07, 6.45) is 2.89. The summed E-state index contributed by atoms with van der Waals surface area (Å²) in [5.41, 5.74) is 1.74. The van der Waals surface area contributed by atoms with Crippen molar-refractivity contribution in [2.45, 2.75) is 25.8 Å². The molecule has 6 heteroatoms. The molecule has 0 spiro atoms. The van der Waals surface area contributed by atoms with Crippen LogP contribution in [0.3, 0.4) is 0 Å². The molecule has 1 atom stereocenters. The van der Waals surface area contributed by atoms with Crippen molar-refractivity contribution in [2.24, 2.45) is 0 Å². The van der Waals surface area contributed by atoms with Crippen LogP contribution in [-0.2, 0) is 4.79 Å². The number of rotatable bonds is 2. The van der Waals surface area contributed by atoms with Crippen LogP contribution in [0.4, 0.5) is 5.69 Å². The fourth-order valence-electron chi connectivity index (χ4n) is 3.06. The summed E-state index contributed by atoms with van der Waals surface area (Å²) in [4.78, 5) is 31.1. The summed E-state index contributed by atoms with van der Waals surface area (Å²) in [6, 6.07) is 2.03. The molecular formula is C14H17N3O3. The highest BCUT2D eigenvalue weighted by molar-refractivity contribution is 5.94. The van der Waals surface area contributed by atoms with Crippen molar-refractivity contribution < 1.29 is 14.7 Å². The van der Waals surface area contributed by atoms with E-state index in [1.807, 2.05) is 17.9 Å². The molecule has 0 radical (unpaired) electrons. The van der Waals surface area contributed by atoms with Gasteiger partial charge in [-0.05, 0) is 19.4 Å². The van der Waals surface area contributed by atoms with Crippen LogP contribution in [0.15, 0.2) is 12.3 Å². The van der Waals surface area contributed by atoms with Gasteiger partial charge in [0.1, 0.15) is 5.56 Å². The van der Waals surface area contributed by atoms with Gasteiger partial charge in [-0.3, -0.25) is 9.78 Å². The first kappa shape index (κ1) is 12.9. The molecule has 1 aromatic heterocycles. The van der Waals surface area contributed by atoms with Crippen molar-refractivity contribution in [3.63, 3.8) is 0 Å². The Balaban J connectivity index is 1.89. The number of carboxylic acid groups (broad SMARTS) is 1. The Hall–Kier alpha value is -2.11. The molecule has 1 unspecified atom stereocenters. The first-order valence-electron chi connectivity index (χ1n) is 6.80. The maximum Gasteiger partial charge on any atom is 0.339 e. The van der Waals surface area contributed by atoms with Gasteiger partial charge in [-0.1, -0.05) is 0 Å². The average Bonchev–Trinajstić information content (AvgIpc) is 2.79. The summed E-state index contributed by atoms with van der Waals surface area (Å²) in [7, 11) is 0. The quantitative estimate of drug-likeness (QED) is 0.868. The van der Waals surface area contributed by atoms with Gasteiger partial charge in [0, 0.05) is 44.0 Å². The highest BCUT2D eigenvalue weighted by atomic mass is 16.4. The van der Waals surface area contributed by atoms with Crippen molar-refractivity contribution in [1.82, 2.24) is 9.88 Å². The number of aromatic carboxylic acids is 1. The van der Waals surface area contributed by atoms with Gasteiger partial charge in [-0.15, -0.1) is 0 Å². The molecule has 20 heavy (non-hydrogen) atoms. The zero-order valence-corrected chi connectivity index (χ0v) is 11.4. The summed E-state index contributed by atoms with van der Waals surface area (Å²) in [5, 5.41) is 9.29. The Morgan fingerprint density at radius 1 is 1.45 bits per heavy atom. The molecule has 0 bridgehead atoms. The molecule has 2 aliphatic rings. The number of carboxylic acids is 1. The standard InChI is InChI=1S/C14H17N3O3/c1-9-6-12(11(7-15-9)14(19)20)16-4-5-17-10(8-16)2-3-13(17)18/h6-7,10H,2-5,8H2,1H3,(H,19,20). The minimum Gasteiger partial charge on any atom is -0.478 e. The Bertz CT molecular complexity index is 573. The molecule has 1 amide bonds. The van der Waals surface area contributed by atoms with Gasteiger partial charge in [0.25, 0.3) is 0 Å². The van der Waals surface area contributed by atoms with E-state index in [2.05, 4.69) is 9.88 Å². The van der Waals surface area contributed by atoms with E-state index in [1.54, 1.807) is 0 Å². The van der Waals surface area contributed by atoms with Gasteiger partial charge in [0.2, 0.25) is 5.91 Å². The van der Waals surface area contributed by atoms with E-state index in [0.29, 0.717) is 31.7 Å². The number of hydrogen-bond acceptors (Lipinski definition) is 4. The van der Waals surface area contributed by atoms with Crippen LogP contribution in [0.1, 0.15) is 28.9 Å². The smallest absolute Gasteiger partial charge is 0.339 e. The van der Waals surface area contributed by atoms with Crippen LogP contribution in [0.25, 0.3) is 0 Å². The number of anilines is 1. The molecule has 0 aromatic carbocycles. The van der Waals surface area contributed by atoms with Crippen LogP contribution in [0.5, 0.6) is 0 Å². The molecule has 1 N–H and O–H groups in total. The number of carbonyl (C=O) groups excluding carboxylic acids is 1. The fraction of sp³-hybridized carbons (Fsp3) is 0.500. The van der Waals surface area contributed by atoms with Gasteiger partial charge in [0.05, 0.1) is 5.69 Å². The fourth-order valence-corrected chi connectivity index (χ4v) is 3.06. The van der Waals surface area contributed by atoms with E-state index < -0.39 is 5.97 Å². The summed E-state index contributed by atoms with van der Waals surface area (Å²) < 4.78 is 0. The zero-order chi connectivity index (χ0) is 14.3. The van der Waals surface area contributed by atoms with Crippen molar-refractivity contribution in [3.8, 4) is 0 Å². The molecular weight excluding hydrogens is 258 g/mol. The number of amides is 1. The molecule has 2 fully saturated rings. The van der Waals surface area contributed by atoms with E-state index in [-0.39, 0.29) is 17.5 Å². The first-order valence-corrected chi connectivity index (χ1v) is 6.80. The molecule has 3 rings (SSSR count). The maximum atomic E-state index is 11.7. The number of pyridine rings is 1. The van der Waals surface area contributed by atoms with Gasteiger partial charge >= 0.3 is 5.97 Å². The molecule has 2 aliphatic heterocycles. The Kier molecular flexibility index (Phi) is 3.08. The average molecular weight is 275 g/mol. The molecule has 106 valence electrons. The van der Waals surface area contributed by atoms with E-state index in [0.717, 1.165) is 12.1 Å². The third kappa shape index (κ3) is 2.11.